The Bertz CT molecular complexity index is 1220. The highest BCUT2D eigenvalue weighted by Gasteiger charge is 2.28. The molecule has 1 fully saturated rings. The lowest BCUT2D eigenvalue weighted by Crippen LogP contribution is -2.41. The molecule has 0 spiro atoms. The van der Waals surface area contributed by atoms with Crippen molar-refractivity contribution in [2.24, 2.45) is 0 Å². The molecule has 2 aromatic heterocycles. The number of thioether (sulfide) groups is 1. The van der Waals surface area contributed by atoms with Gasteiger partial charge in [0, 0.05) is 17.5 Å². The monoisotopic (exact) mass is 497 g/mol. The minimum Gasteiger partial charge on any atom is -0.396 e. The lowest BCUT2D eigenvalue weighted by Gasteiger charge is -2.25. The standard InChI is InChI=1S/C26H31N3O3S2/c30-16-15-21(23(31)27-17-9-3-1-4-10-17)34-26-28-24-22(19-13-7-8-14-20(19)33-24)25(32)29(26)18-11-5-2-6-12-18/h2,5-6,11-12,17,21,30H,1,3-4,7-10,13-16H2,(H,27,31)/t21-/m0/s1. The van der Waals surface area contributed by atoms with Crippen LogP contribution < -0.4 is 10.9 Å². The SMILES string of the molecule is O=C(NC1CCCCC1)[C@H](CCO)Sc1nc2sc3c(c2c(=O)n1-c1ccccc1)CCCC3. The first-order chi connectivity index (χ1) is 16.7. The van der Waals surface area contributed by atoms with Crippen LogP contribution >= 0.6 is 23.1 Å². The molecule has 6 nitrogen and oxygen atoms in total. The van der Waals surface area contributed by atoms with Crippen LogP contribution in [-0.4, -0.2) is 38.5 Å². The van der Waals surface area contributed by atoms with Crippen molar-refractivity contribution < 1.29 is 9.90 Å². The summed E-state index contributed by atoms with van der Waals surface area (Å²) < 4.78 is 1.66. The van der Waals surface area contributed by atoms with E-state index in [0.29, 0.717) is 11.6 Å². The number of hydrogen-bond acceptors (Lipinski definition) is 6. The number of aliphatic hydroxyl groups is 1. The van der Waals surface area contributed by atoms with Gasteiger partial charge in [0.2, 0.25) is 5.91 Å². The first-order valence-corrected chi connectivity index (χ1v) is 14.1. The Balaban J connectivity index is 1.55. The zero-order valence-electron chi connectivity index (χ0n) is 19.3. The van der Waals surface area contributed by atoms with E-state index in [1.165, 1.54) is 23.1 Å². The van der Waals surface area contributed by atoms with Crippen molar-refractivity contribution in [3.8, 4) is 5.69 Å². The largest absolute Gasteiger partial charge is 0.396 e. The summed E-state index contributed by atoms with van der Waals surface area (Å²) in [7, 11) is 0. The molecule has 180 valence electrons. The van der Waals surface area contributed by atoms with Crippen molar-refractivity contribution in [2.45, 2.75) is 80.7 Å². The van der Waals surface area contributed by atoms with Gasteiger partial charge < -0.3 is 10.4 Å². The topological polar surface area (TPSA) is 84.2 Å². The zero-order chi connectivity index (χ0) is 23.5. The Kier molecular flexibility index (Phi) is 7.37. The van der Waals surface area contributed by atoms with Gasteiger partial charge in [-0.3, -0.25) is 14.2 Å². The van der Waals surface area contributed by atoms with Gasteiger partial charge in [0.15, 0.2) is 5.16 Å². The van der Waals surface area contributed by atoms with Crippen LogP contribution in [0.1, 0.15) is 61.8 Å². The number of nitrogens with one attached hydrogen (secondary N) is 1. The van der Waals surface area contributed by atoms with E-state index in [-0.39, 0.29) is 24.1 Å². The predicted octanol–water partition coefficient (Wildman–Crippen LogP) is 4.62. The highest BCUT2D eigenvalue weighted by atomic mass is 32.2. The number of aliphatic hydroxyl groups excluding tert-OH is 1. The summed E-state index contributed by atoms with van der Waals surface area (Å²) in [4.78, 5) is 34.1. The highest BCUT2D eigenvalue weighted by molar-refractivity contribution is 8.00. The van der Waals surface area contributed by atoms with E-state index in [4.69, 9.17) is 4.98 Å². The Morgan fingerprint density at radius 2 is 1.91 bits per heavy atom. The molecule has 0 unspecified atom stereocenters. The first-order valence-electron chi connectivity index (χ1n) is 12.4. The molecule has 2 aliphatic rings. The van der Waals surface area contributed by atoms with Gasteiger partial charge in [-0.2, -0.15) is 0 Å². The molecule has 2 aliphatic carbocycles. The van der Waals surface area contributed by atoms with Crippen molar-refractivity contribution in [2.75, 3.05) is 6.61 Å². The third-order valence-electron chi connectivity index (χ3n) is 6.86. The van der Waals surface area contributed by atoms with E-state index in [1.54, 1.807) is 15.9 Å². The van der Waals surface area contributed by atoms with Crippen molar-refractivity contribution in [3.05, 3.63) is 51.1 Å². The molecule has 0 radical (unpaired) electrons. The fourth-order valence-corrected chi connectivity index (χ4v) is 7.50. The van der Waals surface area contributed by atoms with Crippen LogP contribution in [0.5, 0.6) is 0 Å². The summed E-state index contributed by atoms with van der Waals surface area (Å²) in [5.41, 5.74) is 1.84. The molecule has 5 rings (SSSR count). The van der Waals surface area contributed by atoms with Crippen LogP contribution in [0.15, 0.2) is 40.3 Å². The first kappa shape index (κ1) is 23.6. The molecular formula is C26H31N3O3S2. The van der Waals surface area contributed by atoms with Crippen molar-refractivity contribution >= 4 is 39.2 Å². The van der Waals surface area contributed by atoms with Gasteiger partial charge in [0.25, 0.3) is 5.56 Å². The summed E-state index contributed by atoms with van der Waals surface area (Å²) >= 11 is 2.91. The van der Waals surface area contributed by atoms with E-state index in [0.717, 1.165) is 72.8 Å². The molecule has 1 aromatic carbocycles. The fourth-order valence-electron chi connectivity index (χ4n) is 5.10. The molecule has 1 amide bonds. The molecule has 8 heteroatoms. The molecule has 34 heavy (non-hydrogen) atoms. The number of aryl methyl sites for hydroxylation is 2. The van der Waals surface area contributed by atoms with Crippen LogP contribution in [0.25, 0.3) is 15.9 Å². The van der Waals surface area contributed by atoms with Gasteiger partial charge >= 0.3 is 0 Å². The van der Waals surface area contributed by atoms with Gasteiger partial charge in [-0.1, -0.05) is 49.2 Å². The Labute approximate surface area is 207 Å². The van der Waals surface area contributed by atoms with Gasteiger partial charge in [-0.05, 0) is 62.6 Å². The zero-order valence-corrected chi connectivity index (χ0v) is 20.9. The molecule has 3 aromatic rings. The number of para-hydroxylation sites is 1. The molecule has 0 aliphatic heterocycles. The highest BCUT2D eigenvalue weighted by Crippen LogP contribution is 2.36. The fraction of sp³-hybridized carbons (Fsp3) is 0.500. The lowest BCUT2D eigenvalue weighted by molar-refractivity contribution is -0.121. The second-order valence-corrected chi connectivity index (χ2v) is 11.5. The Morgan fingerprint density at radius 3 is 2.68 bits per heavy atom. The lowest BCUT2D eigenvalue weighted by atomic mass is 9.95. The number of benzene rings is 1. The van der Waals surface area contributed by atoms with Crippen LogP contribution in [-0.2, 0) is 17.6 Å². The molecule has 1 atom stereocenters. The van der Waals surface area contributed by atoms with E-state index in [2.05, 4.69) is 5.32 Å². The van der Waals surface area contributed by atoms with Gasteiger partial charge in [-0.25, -0.2) is 4.98 Å². The van der Waals surface area contributed by atoms with Gasteiger partial charge in [-0.15, -0.1) is 11.3 Å². The van der Waals surface area contributed by atoms with E-state index >= 15 is 0 Å². The normalized spacial score (nSPS) is 17.4. The van der Waals surface area contributed by atoms with E-state index in [1.807, 2.05) is 30.3 Å². The van der Waals surface area contributed by atoms with E-state index in [9.17, 15) is 14.7 Å². The van der Waals surface area contributed by atoms with Gasteiger partial charge in [0.1, 0.15) is 4.83 Å². The number of carbonyl (C=O) groups excluding carboxylic acids is 1. The smallest absolute Gasteiger partial charge is 0.267 e. The number of amides is 1. The van der Waals surface area contributed by atoms with Crippen molar-refractivity contribution in [1.82, 2.24) is 14.9 Å². The van der Waals surface area contributed by atoms with Crippen LogP contribution in [0.4, 0.5) is 0 Å². The molecule has 0 saturated heterocycles. The molecule has 2 heterocycles. The second-order valence-electron chi connectivity index (χ2n) is 9.22. The van der Waals surface area contributed by atoms with Gasteiger partial charge in [0.05, 0.1) is 16.3 Å². The van der Waals surface area contributed by atoms with Crippen LogP contribution in [0, 0.1) is 0 Å². The van der Waals surface area contributed by atoms with Crippen LogP contribution in [0.3, 0.4) is 0 Å². The quantitative estimate of drug-likeness (QED) is 0.368. The molecule has 0 bridgehead atoms. The number of carbonyl (C=O) groups is 1. The number of nitrogens with zero attached hydrogens (tertiary/aromatic N) is 2. The number of thiophene rings is 1. The third-order valence-corrected chi connectivity index (χ3v) is 9.26. The Hall–Kier alpha value is -2.16. The molecule has 2 N–H and O–H groups in total. The maximum atomic E-state index is 13.9. The maximum Gasteiger partial charge on any atom is 0.267 e. The van der Waals surface area contributed by atoms with Crippen molar-refractivity contribution in [1.29, 1.82) is 0 Å². The number of aromatic nitrogens is 2. The predicted molar refractivity (Wildman–Crippen MR) is 138 cm³/mol. The number of hydrogen-bond donors (Lipinski definition) is 2. The molecule has 1 saturated carbocycles. The number of rotatable bonds is 7. The minimum atomic E-state index is -0.513. The summed E-state index contributed by atoms with van der Waals surface area (Å²) in [5.74, 6) is -0.0784. The van der Waals surface area contributed by atoms with Crippen LogP contribution in [0.2, 0.25) is 0 Å². The van der Waals surface area contributed by atoms with Crippen molar-refractivity contribution in [3.63, 3.8) is 0 Å². The Morgan fingerprint density at radius 1 is 1.15 bits per heavy atom. The summed E-state index contributed by atoms with van der Waals surface area (Å²) in [6, 6.07) is 9.74. The third kappa shape index (κ3) is 4.81. The summed E-state index contributed by atoms with van der Waals surface area (Å²) in [6.45, 7) is -0.0964. The summed E-state index contributed by atoms with van der Waals surface area (Å²) in [6.07, 6.45) is 9.98. The molecular weight excluding hydrogens is 466 g/mol. The maximum absolute atomic E-state index is 13.9. The summed E-state index contributed by atoms with van der Waals surface area (Å²) in [5, 5.41) is 13.6. The average Bonchev–Trinajstić information content (AvgIpc) is 3.23. The minimum absolute atomic E-state index is 0.0615. The van der Waals surface area contributed by atoms with E-state index < -0.39 is 5.25 Å². The second kappa shape index (κ2) is 10.6. The average molecular weight is 498 g/mol. The number of fused-ring (bicyclic) bond motifs is 3.